The van der Waals surface area contributed by atoms with Gasteiger partial charge in [-0.1, -0.05) is 6.58 Å². The zero-order valence-corrected chi connectivity index (χ0v) is 11.3. The fraction of sp³-hybridized carbons (Fsp3) is 0.571. The summed E-state index contributed by atoms with van der Waals surface area (Å²) >= 11 is -2.58. The van der Waals surface area contributed by atoms with Crippen LogP contribution in [0.25, 0.3) is 0 Å². The van der Waals surface area contributed by atoms with Gasteiger partial charge in [0.05, 0.1) is 11.4 Å². The van der Waals surface area contributed by atoms with E-state index in [1.165, 1.54) is 13.8 Å². The standard InChI is InChI=1S/C7H12O5S.Na.H/c1-5(2)7(8)11-4-6(3)12-13(9)10;;/h6H,1,4H2,2-3H3,(H,9,10);;/q;+1;-1/p-1. The van der Waals surface area contributed by atoms with Gasteiger partial charge in [0.1, 0.15) is 12.7 Å². The Bertz CT molecular complexity index is 235. The van der Waals surface area contributed by atoms with Crippen molar-refractivity contribution < 1.29 is 53.5 Å². The van der Waals surface area contributed by atoms with Gasteiger partial charge >= 0.3 is 35.5 Å². The van der Waals surface area contributed by atoms with Crippen LogP contribution in [0.1, 0.15) is 15.3 Å². The predicted octanol–water partition coefficient (Wildman–Crippen LogP) is -2.58. The molecule has 0 heterocycles. The molecule has 0 saturated heterocycles. The van der Waals surface area contributed by atoms with Crippen LogP contribution in [0.15, 0.2) is 12.2 Å². The van der Waals surface area contributed by atoms with Crippen LogP contribution in [0.5, 0.6) is 0 Å². The molecule has 5 nitrogen and oxygen atoms in total. The summed E-state index contributed by atoms with van der Waals surface area (Å²) in [5.74, 6) is -0.563. The van der Waals surface area contributed by atoms with Crippen molar-refractivity contribution in [2.45, 2.75) is 20.0 Å². The molecule has 0 spiro atoms. The molecule has 0 aromatic rings. The normalized spacial score (nSPS) is 13.6. The molecule has 0 aliphatic rings. The third-order valence-electron chi connectivity index (χ3n) is 1.04. The Morgan fingerprint density at radius 2 is 2.21 bits per heavy atom. The summed E-state index contributed by atoms with van der Waals surface area (Å²) in [6, 6.07) is 0. The Hall–Kier alpha value is 0.280. The second-order valence-electron chi connectivity index (χ2n) is 2.49. The van der Waals surface area contributed by atoms with Gasteiger partial charge < -0.3 is 10.7 Å². The molecule has 7 heteroatoms. The summed E-state index contributed by atoms with van der Waals surface area (Å²) in [7, 11) is 0. The van der Waals surface area contributed by atoms with Crippen molar-refractivity contribution in [3.63, 3.8) is 0 Å². The predicted molar refractivity (Wildman–Crippen MR) is 46.4 cm³/mol. The molecule has 0 radical (unpaired) electrons. The van der Waals surface area contributed by atoms with E-state index in [1.807, 2.05) is 0 Å². The summed E-state index contributed by atoms with van der Waals surface area (Å²) in [6.45, 7) is 6.22. The van der Waals surface area contributed by atoms with Crippen LogP contribution in [0.4, 0.5) is 0 Å². The van der Waals surface area contributed by atoms with Crippen molar-refractivity contribution >= 4 is 17.3 Å². The number of ether oxygens (including phenoxy) is 1. The van der Waals surface area contributed by atoms with Gasteiger partial charge in [-0.15, -0.1) is 0 Å². The van der Waals surface area contributed by atoms with E-state index in [0.29, 0.717) is 0 Å². The topological polar surface area (TPSA) is 75.7 Å². The smallest absolute Gasteiger partial charge is 1.00 e. The summed E-state index contributed by atoms with van der Waals surface area (Å²) in [4.78, 5) is 10.8. The van der Waals surface area contributed by atoms with E-state index in [4.69, 9.17) is 0 Å². The van der Waals surface area contributed by atoms with Gasteiger partial charge in [-0.25, -0.2) is 9.00 Å². The first-order chi connectivity index (χ1) is 5.93. The van der Waals surface area contributed by atoms with Crippen LogP contribution >= 0.6 is 0 Å². The average molecular weight is 231 g/mol. The molecule has 0 fully saturated rings. The third kappa shape index (κ3) is 8.86. The minimum absolute atomic E-state index is 0. The van der Waals surface area contributed by atoms with Crippen LogP contribution in [0, 0.1) is 0 Å². The van der Waals surface area contributed by atoms with Crippen molar-refractivity contribution in [1.82, 2.24) is 0 Å². The number of carbonyl (C=O) groups excluding carboxylic acids is 1. The van der Waals surface area contributed by atoms with E-state index < -0.39 is 23.4 Å². The monoisotopic (exact) mass is 231 g/mol. The Morgan fingerprint density at radius 1 is 1.71 bits per heavy atom. The van der Waals surface area contributed by atoms with Crippen LogP contribution in [0.3, 0.4) is 0 Å². The van der Waals surface area contributed by atoms with Gasteiger partial charge in [-0.05, 0) is 13.8 Å². The minimum Gasteiger partial charge on any atom is -1.00 e. The molecule has 0 bridgehead atoms. The Labute approximate surface area is 109 Å². The van der Waals surface area contributed by atoms with Gasteiger partial charge in [-0.2, -0.15) is 0 Å². The average Bonchev–Trinajstić information content (AvgIpc) is 1.98. The van der Waals surface area contributed by atoms with Gasteiger partial charge in [0.2, 0.25) is 0 Å². The third-order valence-corrected chi connectivity index (χ3v) is 1.53. The van der Waals surface area contributed by atoms with Crippen molar-refractivity contribution in [2.75, 3.05) is 6.61 Å². The van der Waals surface area contributed by atoms with E-state index in [1.54, 1.807) is 0 Å². The molecule has 0 N–H and O–H groups in total. The zero-order chi connectivity index (χ0) is 10.4. The Morgan fingerprint density at radius 3 is 2.57 bits per heavy atom. The van der Waals surface area contributed by atoms with Gasteiger partial charge in [0.25, 0.3) is 0 Å². The van der Waals surface area contributed by atoms with Crippen LogP contribution in [0.2, 0.25) is 0 Å². The molecule has 0 aromatic heterocycles. The number of rotatable bonds is 5. The summed E-state index contributed by atoms with van der Waals surface area (Å²) < 4.78 is 28.9. The Balaban J connectivity index is -0.000000720. The largest absolute Gasteiger partial charge is 1.00 e. The van der Waals surface area contributed by atoms with Crippen molar-refractivity contribution in [2.24, 2.45) is 0 Å². The van der Waals surface area contributed by atoms with E-state index in [9.17, 15) is 13.6 Å². The van der Waals surface area contributed by atoms with Crippen LogP contribution in [-0.4, -0.2) is 27.4 Å². The molecule has 0 amide bonds. The minimum atomic E-state index is -2.58. The fourth-order valence-corrected chi connectivity index (χ4v) is 0.802. The van der Waals surface area contributed by atoms with Gasteiger partial charge in [-0.3, -0.25) is 4.18 Å². The molecule has 14 heavy (non-hydrogen) atoms. The molecule has 0 aromatic carbocycles. The first kappa shape index (κ1) is 16.7. The maximum Gasteiger partial charge on any atom is 1.00 e. The second kappa shape index (κ2) is 8.58. The van der Waals surface area contributed by atoms with Crippen LogP contribution < -0.4 is 29.6 Å². The summed E-state index contributed by atoms with van der Waals surface area (Å²) in [5.41, 5.74) is 0.260. The Kier molecular flexibility index (Phi) is 10.2. The molecular weight excluding hydrogens is 219 g/mol. The molecule has 0 aliphatic carbocycles. The SMILES string of the molecule is C=C(C)C(=O)OCC(C)OS(=O)[O-].[H-].[Na+]. The van der Waals surface area contributed by atoms with Crippen molar-refractivity contribution in [3.05, 3.63) is 12.2 Å². The van der Waals surface area contributed by atoms with Crippen LogP contribution in [-0.2, 0) is 25.1 Å². The maximum absolute atomic E-state index is 10.8. The van der Waals surface area contributed by atoms with Gasteiger partial charge in [0, 0.05) is 5.57 Å². The van der Waals surface area contributed by atoms with E-state index in [-0.39, 0.29) is 43.2 Å². The van der Waals surface area contributed by atoms with Gasteiger partial charge in [0.15, 0.2) is 0 Å². The first-order valence-electron chi connectivity index (χ1n) is 3.52. The van der Waals surface area contributed by atoms with E-state index >= 15 is 0 Å². The molecule has 2 atom stereocenters. The molecule has 0 rings (SSSR count). The molecular formula is C7H12NaO5S-. The number of hydrogen-bond donors (Lipinski definition) is 0. The quantitative estimate of drug-likeness (QED) is 0.225. The summed E-state index contributed by atoms with van der Waals surface area (Å²) in [6.07, 6.45) is -0.679. The first-order valence-corrected chi connectivity index (χ1v) is 4.52. The molecule has 78 valence electrons. The van der Waals surface area contributed by atoms with E-state index in [2.05, 4.69) is 15.5 Å². The summed E-state index contributed by atoms with van der Waals surface area (Å²) in [5, 5.41) is 0. The van der Waals surface area contributed by atoms with E-state index in [0.717, 1.165) is 0 Å². The molecule has 2 unspecified atom stereocenters. The van der Waals surface area contributed by atoms with Crippen molar-refractivity contribution in [3.8, 4) is 0 Å². The van der Waals surface area contributed by atoms with Crippen molar-refractivity contribution in [1.29, 1.82) is 0 Å². The number of esters is 1. The number of carbonyl (C=O) groups is 1. The zero-order valence-electron chi connectivity index (χ0n) is 9.44. The molecule has 0 saturated carbocycles. The fourth-order valence-electron chi connectivity index (χ4n) is 0.478. The second-order valence-corrected chi connectivity index (χ2v) is 3.09. The maximum atomic E-state index is 10.8. The molecule has 0 aliphatic heterocycles. The number of hydrogen-bond acceptors (Lipinski definition) is 5.